The molecule has 0 radical (unpaired) electrons. The predicted molar refractivity (Wildman–Crippen MR) is 161 cm³/mol. The molecule has 0 saturated heterocycles. The van der Waals surface area contributed by atoms with Gasteiger partial charge in [0.05, 0.1) is 38.7 Å². The number of carbonyl (C=O) groups excluding carboxylic acids is 3. The largest absolute Gasteiger partial charge is 0.493 e. The molecule has 210 valence electrons. The lowest BCUT2D eigenvalue weighted by molar-refractivity contribution is -0.139. The Morgan fingerprint density at radius 3 is 2.55 bits per heavy atom. The molecule has 1 atom stereocenters. The first-order valence-electron chi connectivity index (χ1n) is 11.7. The Hall–Kier alpha value is -3.59. The van der Waals surface area contributed by atoms with Crippen LogP contribution in [-0.2, 0) is 14.3 Å². The first-order chi connectivity index (χ1) is 19.2. The van der Waals surface area contributed by atoms with Crippen LogP contribution in [0.1, 0.15) is 31.0 Å². The van der Waals surface area contributed by atoms with E-state index in [0.29, 0.717) is 22.8 Å². The molecule has 0 bridgehead atoms. The van der Waals surface area contributed by atoms with Gasteiger partial charge in [-0.05, 0) is 94.4 Å². The number of allylic oxidation sites excluding steroid dienone is 1. The van der Waals surface area contributed by atoms with Crippen molar-refractivity contribution < 1.29 is 33.3 Å². The van der Waals surface area contributed by atoms with Crippen LogP contribution in [0.5, 0.6) is 17.2 Å². The third-order valence-electron chi connectivity index (χ3n) is 5.35. The average Bonchev–Trinajstić information content (AvgIpc) is 2.91. The van der Waals surface area contributed by atoms with Crippen LogP contribution in [0.3, 0.4) is 0 Å². The van der Waals surface area contributed by atoms with E-state index in [1.807, 2.05) is 18.2 Å². The third kappa shape index (κ3) is 7.97. The van der Waals surface area contributed by atoms with Crippen LogP contribution in [-0.4, -0.2) is 51.1 Å². The van der Waals surface area contributed by atoms with Gasteiger partial charge < -0.3 is 29.6 Å². The third-order valence-corrected chi connectivity index (χ3v) is 6.95. The van der Waals surface area contributed by atoms with Crippen LogP contribution < -0.4 is 30.3 Å². The number of carbonyl (C=O) groups is 3. The van der Waals surface area contributed by atoms with Crippen molar-refractivity contribution in [2.45, 2.75) is 19.9 Å². The summed E-state index contributed by atoms with van der Waals surface area (Å²) < 4.78 is 23.2. The lowest BCUT2D eigenvalue weighted by Crippen LogP contribution is -2.45. The summed E-state index contributed by atoms with van der Waals surface area (Å²) in [6, 6.07) is 9.17. The van der Waals surface area contributed by atoms with Gasteiger partial charge in [-0.2, -0.15) is 10.4 Å². The molecular weight excluding hydrogens is 748 g/mol. The van der Waals surface area contributed by atoms with Crippen molar-refractivity contribution in [3.8, 4) is 23.3 Å². The quantitative estimate of drug-likeness (QED) is 0.135. The van der Waals surface area contributed by atoms with Gasteiger partial charge in [-0.1, -0.05) is 6.07 Å². The zero-order valence-corrected chi connectivity index (χ0v) is 26.0. The number of hydrogen-bond acceptors (Lipinski definition) is 9. The topological polar surface area (TPSA) is 160 Å². The molecule has 0 aliphatic carbocycles. The van der Waals surface area contributed by atoms with Crippen LogP contribution in [0, 0.1) is 18.5 Å². The minimum atomic E-state index is -0.772. The minimum absolute atomic E-state index is 0.0526. The number of amides is 3. The number of nitriles is 1. The van der Waals surface area contributed by atoms with E-state index in [9.17, 15) is 14.4 Å². The first kappa shape index (κ1) is 30.9. The fourth-order valence-electron chi connectivity index (χ4n) is 3.66. The second-order valence-electron chi connectivity index (χ2n) is 8.04. The Morgan fingerprint density at radius 1 is 1.18 bits per heavy atom. The Balaban J connectivity index is 1.66. The molecule has 2 aromatic carbocycles. The smallest absolute Gasteiger partial charge is 0.338 e. The molecule has 0 aromatic heterocycles. The van der Waals surface area contributed by atoms with Crippen molar-refractivity contribution in [2.24, 2.45) is 5.10 Å². The molecule has 40 heavy (non-hydrogen) atoms. The number of nitrogens with zero attached hydrogens (tertiary/aromatic N) is 2. The number of rotatable bonds is 11. The van der Waals surface area contributed by atoms with Gasteiger partial charge in [-0.25, -0.2) is 15.0 Å². The maximum absolute atomic E-state index is 12.6. The van der Waals surface area contributed by atoms with Gasteiger partial charge in [0.2, 0.25) is 0 Å². The number of benzene rings is 2. The lowest BCUT2D eigenvalue weighted by atomic mass is 9.95. The predicted octanol–water partition coefficient (Wildman–Crippen LogP) is 3.53. The van der Waals surface area contributed by atoms with Gasteiger partial charge in [0.25, 0.3) is 5.91 Å². The zero-order valence-electron chi connectivity index (χ0n) is 21.7. The molecular formula is C26H25I2N5O7. The van der Waals surface area contributed by atoms with Crippen LogP contribution in [0.4, 0.5) is 4.79 Å². The molecule has 1 aliphatic rings. The summed E-state index contributed by atoms with van der Waals surface area (Å²) >= 11 is 4.20. The number of urea groups is 1. The second kappa shape index (κ2) is 14.7. The molecule has 0 fully saturated rings. The van der Waals surface area contributed by atoms with Gasteiger partial charge >= 0.3 is 12.0 Å². The molecule has 3 N–H and O–H groups in total. The van der Waals surface area contributed by atoms with E-state index in [1.165, 1.54) is 13.3 Å². The van der Waals surface area contributed by atoms with Gasteiger partial charge in [-0.3, -0.25) is 4.79 Å². The number of hydrazone groups is 1. The summed E-state index contributed by atoms with van der Waals surface area (Å²) in [5.74, 6) is 0.130. The number of methoxy groups -OCH3 is 1. The maximum atomic E-state index is 12.6. The highest BCUT2D eigenvalue weighted by Gasteiger charge is 2.32. The summed E-state index contributed by atoms with van der Waals surface area (Å²) in [6.45, 7) is 3.10. The number of hydrogen-bond donors (Lipinski definition) is 3. The summed E-state index contributed by atoms with van der Waals surface area (Å²) in [5, 5.41) is 18.0. The molecule has 0 saturated carbocycles. The molecule has 12 nitrogen and oxygen atoms in total. The molecule has 0 spiro atoms. The number of esters is 1. The van der Waals surface area contributed by atoms with Crippen LogP contribution in [0.2, 0.25) is 0 Å². The summed E-state index contributed by atoms with van der Waals surface area (Å²) in [5.41, 5.74) is 4.34. The van der Waals surface area contributed by atoms with Gasteiger partial charge in [0, 0.05) is 5.70 Å². The molecule has 1 aliphatic heterocycles. The fraction of sp³-hybridized carbons (Fsp3) is 0.269. The first-order valence-corrected chi connectivity index (χ1v) is 13.9. The lowest BCUT2D eigenvalue weighted by Gasteiger charge is -2.28. The van der Waals surface area contributed by atoms with E-state index in [4.69, 9.17) is 24.2 Å². The average molecular weight is 773 g/mol. The summed E-state index contributed by atoms with van der Waals surface area (Å²) in [6.07, 6.45) is 1.48. The maximum Gasteiger partial charge on any atom is 0.338 e. The van der Waals surface area contributed by atoms with E-state index < -0.39 is 23.9 Å². The molecule has 3 amide bonds. The Morgan fingerprint density at radius 2 is 1.90 bits per heavy atom. The highest BCUT2D eigenvalue weighted by Crippen LogP contribution is 2.34. The fourth-order valence-corrected chi connectivity index (χ4v) is 5.78. The number of halogens is 2. The van der Waals surface area contributed by atoms with Crippen molar-refractivity contribution in [1.82, 2.24) is 16.1 Å². The molecule has 2 aromatic rings. The molecule has 0 unspecified atom stereocenters. The normalized spacial score (nSPS) is 14.6. The molecule has 3 rings (SSSR count). The minimum Gasteiger partial charge on any atom is -0.493 e. The van der Waals surface area contributed by atoms with Crippen LogP contribution >= 0.6 is 45.2 Å². The Kier molecular flexibility index (Phi) is 11.4. The van der Waals surface area contributed by atoms with E-state index >= 15 is 0 Å². The Bertz CT molecular complexity index is 1380. The van der Waals surface area contributed by atoms with Gasteiger partial charge in [-0.15, -0.1) is 0 Å². The van der Waals surface area contributed by atoms with Crippen molar-refractivity contribution in [2.75, 3.05) is 26.9 Å². The van der Waals surface area contributed by atoms with Crippen molar-refractivity contribution in [3.63, 3.8) is 0 Å². The Labute approximate surface area is 257 Å². The van der Waals surface area contributed by atoms with Gasteiger partial charge in [0.1, 0.15) is 11.8 Å². The number of ether oxygens (including phenoxy) is 4. The van der Waals surface area contributed by atoms with E-state index in [1.54, 1.807) is 32.0 Å². The van der Waals surface area contributed by atoms with Crippen molar-refractivity contribution in [1.29, 1.82) is 5.26 Å². The standard InChI is InChI=1S/C26H25I2N5O7/c1-4-38-25(35)22-14(2)31-26(36)32-23(22)16-5-6-19(20(11-16)37-3)40-13-21(34)33-30-12-15-9-17(27)24(18(28)10-15)39-8-7-29/h5-6,9-12,23H,4,8,13H2,1-3H3,(H,33,34)(H2,31,32,36)/b30-12-/t23-/m1/s1. The number of nitrogens with one attached hydrogen (secondary N) is 3. The highest BCUT2D eigenvalue weighted by molar-refractivity contribution is 14.1. The van der Waals surface area contributed by atoms with E-state index in [2.05, 4.69) is 66.3 Å². The van der Waals surface area contributed by atoms with Crippen LogP contribution in [0.15, 0.2) is 46.7 Å². The van der Waals surface area contributed by atoms with Gasteiger partial charge in [0.15, 0.2) is 24.7 Å². The SMILES string of the molecule is CCOC(=O)C1=C(C)NC(=O)N[C@@H]1c1ccc(OCC(=O)N/N=C\c2cc(I)c(OCC#N)c(I)c2)c(OC)c1. The summed E-state index contributed by atoms with van der Waals surface area (Å²) in [7, 11) is 1.43. The second-order valence-corrected chi connectivity index (χ2v) is 10.4. The summed E-state index contributed by atoms with van der Waals surface area (Å²) in [4.78, 5) is 37.0. The van der Waals surface area contributed by atoms with E-state index in [-0.39, 0.29) is 31.1 Å². The molecule has 1 heterocycles. The zero-order chi connectivity index (χ0) is 29.2. The highest BCUT2D eigenvalue weighted by atomic mass is 127. The van der Waals surface area contributed by atoms with E-state index in [0.717, 1.165) is 12.7 Å². The van der Waals surface area contributed by atoms with Crippen molar-refractivity contribution in [3.05, 3.63) is 59.9 Å². The van der Waals surface area contributed by atoms with Crippen LogP contribution in [0.25, 0.3) is 0 Å². The van der Waals surface area contributed by atoms with Crippen molar-refractivity contribution >= 4 is 69.3 Å². The molecule has 14 heteroatoms. The monoisotopic (exact) mass is 773 g/mol.